The topological polar surface area (TPSA) is 198 Å². The molecule has 57 heavy (non-hydrogen) atoms. The van der Waals surface area contributed by atoms with E-state index in [2.05, 4.69) is 21.3 Å². The maximum atomic E-state index is 14.2. The first-order valence-corrected chi connectivity index (χ1v) is 20.4. The Kier molecular flexibility index (Phi) is 22.9. The quantitative estimate of drug-likeness (QED) is 0.120. The third-order valence-corrected chi connectivity index (χ3v) is 10.2. The molecule has 0 aliphatic rings. The van der Waals surface area contributed by atoms with Crippen LogP contribution in [0.5, 0.6) is 0 Å². The van der Waals surface area contributed by atoms with Crippen LogP contribution < -0.4 is 21.3 Å². The molecule has 0 saturated heterocycles. The molecule has 0 heterocycles. The number of carbonyl (C=O) groups is 8. The van der Waals surface area contributed by atoms with Crippen LogP contribution in [0.3, 0.4) is 0 Å². The van der Waals surface area contributed by atoms with E-state index in [-0.39, 0.29) is 42.4 Å². The minimum absolute atomic E-state index is 0.00142. The third-order valence-electron chi connectivity index (χ3n) is 10.2. The van der Waals surface area contributed by atoms with E-state index < -0.39 is 83.7 Å². The van der Waals surface area contributed by atoms with Crippen molar-refractivity contribution in [3.63, 3.8) is 0 Å². The number of hydrogen-bond acceptors (Lipinski definition) is 9. The lowest BCUT2D eigenvalue weighted by molar-refractivity contribution is -0.149. The van der Waals surface area contributed by atoms with Crippen LogP contribution in [0.2, 0.25) is 0 Å². The first kappa shape index (κ1) is 52.9. The molecule has 16 nitrogen and oxygen atoms in total. The van der Waals surface area contributed by atoms with Crippen LogP contribution in [0.25, 0.3) is 0 Å². The van der Waals surface area contributed by atoms with Gasteiger partial charge in [0, 0.05) is 41.7 Å². The van der Waals surface area contributed by atoms with Gasteiger partial charge in [0.25, 0.3) is 0 Å². The molecule has 7 atom stereocenters. The van der Waals surface area contributed by atoms with E-state index in [0.29, 0.717) is 19.3 Å². The average molecular weight is 809 g/mol. The Morgan fingerprint density at radius 1 is 0.509 bits per heavy atom. The van der Waals surface area contributed by atoms with Gasteiger partial charge < -0.3 is 30.2 Å². The van der Waals surface area contributed by atoms with E-state index >= 15 is 0 Å². The second kappa shape index (κ2) is 24.6. The molecular formula is C41H76N8O8. The van der Waals surface area contributed by atoms with E-state index in [0.717, 1.165) is 0 Å². The van der Waals surface area contributed by atoms with Gasteiger partial charge in [0.05, 0.1) is 12.1 Å². The Labute approximate surface area is 342 Å². The van der Waals surface area contributed by atoms with Gasteiger partial charge in [-0.25, -0.2) is 0 Å². The van der Waals surface area contributed by atoms with E-state index in [1.807, 2.05) is 48.5 Å². The number of likely N-dealkylation sites (N-methyl/N-ethyl adjacent to an activating group) is 5. The summed E-state index contributed by atoms with van der Waals surface area (Å²) in [6.07, 6.45) is 1.86. The van der Waals surface area contributed by atoms with Gasteiger partial charge in [-0.3, -0.25) is 49.0 Å². The lowest BCUT2D eigenvalue weighted by Gasteiger charge is -2.36. The van der Waals surface area contributed by atoms with Crippen molar-refractivity contribution in [3.8, 4) is 0 Å². The Balaban J connectivity index is 6.16. The standard InChI is InChI=1S/C41H76N8O8/c1-18-19-33(50)46(14)29(12)40(56)48(16)31(21-24(4)5)37(53)44-34(26(8)9)41(57)49(17)32(22-25(6)7)38(54)45-35(51)27(10)43-28(11)39(55)47(15)30(20-23(2)3)36(52)42-13/h23-32,34,43H,18-22H2,1-17H3,(H,42,52)(H,44,53)(H,45,51,54)/t27-,28+,29+,30-,31-,32-,34+/m0/s1. The van der Waals surface area contributed by atoms with Gasteiger partial charge in [0.2, 0.25) is 47.3 Å². The first-order valence-electron chi connectivity index (χ1n) is 20.4. The van der Waals surface area contributed by atoms with Gasteiger partial charge in [-0.15, -0.1) is 0 Å². The monoisotopic (exact) mass is 809 g/mol. The van der Waals surface area contributed by atoms with Crippen molar-refractivity contribution in [2.24, 2.45) is 23.7 Å². The second-order valence-electron chi connectivity index (χ2n) is 17.0. The van der Waals surface area contributed by atoms with Crippen molar-refractivity contribution in [2.45, 2.75) is 157 Å². The smallest absolute Gasteiger partial charge is 0.249 e. The summed E-state index contributed by atoms with van der Waals surface area (Å²) >= 11 is 0. The summed E-state index contributed by atoms with van der Waals surface area (Å²) in [4.78, 5) is 112. The molecular weight excluding hydrogens is 732 g/mol. The molecule has 0 fully saturated rings. The predicted molar refractivity (Wildman–Crippen MR) is 221 cm³/mol. The number of nitrogens with one attached hydrogen (secondary N) is 4. The number of hydrogen-bond donors (Lipinski definition) is 4. The van der Waals surface area contributed by atoms with Crippen molar-refractivity contribution >= 4 is 47.3 Å². The van der Waals surface area contributed by atoms with E-state index in [9.17, 15) is 38.4 Å². The summed E-state index contributed by atoms with van der Waals surface area (Å²) < 4.78 is 0. The summed E-state index contributed by atoms with van der Waals surface area (Å²) in [6, 6.07) is -6.52. The highest BCUT2D eigenvalue weighted by Gasteiger charge is 2.39. The number of amides is 8. The number of carbonyl (C=O) groups excluding carboxylic acids is 8. The van der Waals surface area contributed by atoms with E-state index in [1.165, 1.54) is 54.7 Å². The maximum absolute atomic E-state index is 14.2. The summed E-state index contributed by atoms with van der Waals surface area (Å²) in [6.45, 7) is 21.6. The largest absolute Gasteiger partial charge is 0.357 e. The van der Waals surface area contributed by atoms with Gasteiger partial charge in [-0.1, -0.05) is 62.3 Å². The van der Waals surface area contributed by atoms with Crippen LogP contribution in [-0.4, -0.2) is 144 Å². The van der Waals surface area contributed by atoms with Gasteiger partial charge in [0.1, 0.15) is 30.2 Å². The molecule has 0 rings (SSSR count). The zero-order valence-corrected chi connectivity index (χ0v) is 37.9. The van der Waals surface area contributed by atoms with Gasteiger partial charge in [0.15, 0.2) is 0 Å². The second-order valence-corrected chi connectivity index (χ2v) is 17.0. The van der Waals surface area contributed by atoms with Crippen molar-refractivity contribution < 1.29 is 38.4 Å². The predicted octanol–water partition coefficient (Wildman–Crippen LogP) is 2.15. The molecule has 0 aromatic rings. The molecule has 0 aromatic heterocycles. The zero-order chi connectivity index (χ0) is 44.6. The molecule has 0 aliphatic heterocycles. The van der Waals surface area contributed by atoms with Gasteiger partial charge in [-0.05, 0) is 70.1 Å². The fourth-order valence-electron chi connectivity index (χ4n) is 6.48. The van der Waals surface area contributed by atoms with Crippen molar-refractivity contribution in [1.82, 2.24) is 40.9 Å². The highest BCUT2D eigenvalue weighted by molar-refractivity contribution is 6.02. The molecule has 0 aliphatic carbocycles. The first-order chi connectivity index (χ1) is 26.2. The lowest BCUT2D eigenvalue weighted by atomic mass is 9.96. The van der Waals surface area contributed by atoms with Crippen LogP contribution in [0.1, 0.15) is 115 Å². The molecule has 0 aromatic carbocycles. The summed E-state index contributed by atoms with van der Waals surface area (Å²) in [5.74, 6) is -4.19. The molecule has 8 amide bonds. The van der Waals surface area contributed by atoms with Crippen molar-refractivity contribution in [1.29, 1.82) is 0 Å². The molecule has 0 bridgehead atoms. The SMILES string of the molecule is CCCC(=O)N(C)[C@H](C)C(=O)N(C)[C@@H](CC(C)C)C(=O)N[C@@H](C(=O)N(C)[C@@H](CC(C)C)C(=O)NC(=O)[C@H](C)N[C@H](C)C(=O)N(C)[C@@H](CC(C)C)C(=O)NC)C(C)C. The third kappa shape index (κ3) is 16.4. The lowest BCUT2D eigenvalue weighted by Crippen LogP contribution is -2.60. The molecule has 328 valence electrons. The van der Waals surface area contributed by atoms with Crippen LogP contribution in [-0.2, 0) is 38.4 Å². The van der Waals surface area contributed by atoms with E-state index in [1.54, 1.807) is 34.7 Å². The zero-order valence-electron chi connectivity index (χ0n) is 37.9. The average Bonchev–Trinajstić information content (AvgIpc) is 3.13. The van der Waals surface area contributed by atoms with E-state index in [4.69, 9.17) is 0 Å². The minimum Gasteiger partial charge on any atom is -0.357 e. The highest BCUT2D eigenvalue weighted by Crippen LogP contribution is 2.18. The van der Waals surface area contributed by atoms with Crippen molar-refractivity contribution in [3.05, 3.63) is 0 Å². The number of rotatable bonds is 23. The number of imide groups is 1. The minimum atomic E-state index is -1.09. The molecule has 4 N–H and O–H groups in total. The molecule has 0 spiro atoms. The Hall–Kier alpha value is -4.08. The fraction of sp³-hybridized carbons (Fsp3) is 0.805. The highest BCUT2D eigenvalue weighted by atomic mass is 16.2. The van der Waals surface area contributed by atoms with Gasteiger partial charge in [-0.2, -0.15) is 0 Å². The Bertz CT molecular complexity index is 1390. The Morgan fingerprint density at radius 3 is 1.35 bits per heavy atom. The van der Waals surface area contributed by atoms with Gasteiger partial charge >= 0.3 is 0 Å². The van der Waals surface area contributed by atoms with Crippen LogP contribution in [0.15, 0.2) is 0 Å². The summed E-state index contributed by atoms with van der Waals surface area (Å²) in [7, 11) is 7.56. The van der Waals surface area contributed by atoms with Crippen LogP contribution in [0, 0.1) is 23.7 Å². The van der Waals surface area contributed by atoms with Crippen LogP contribution in [0.4, 0.5) is 0 Å². The van der Waals surface area contributed by atoms with Crippen molar-refractivity contribution in [2.75, 3.05) is 35.2 Å². The molecule has 0 radical (unpaired) electrons. The molecule has 0 unspecified atom stereocenters. The number of nitrogens with zero attached hydrogens (tertiary/aromatic N) is 4. The Morgan fingerprint density at radius 2 is 0.930 bits per heavy atom. The van der Waals surface area contributed by atoms with Crippen LogP contribution >= 0.6 is 0 Å². The molecule has 16 heteroatoms. The fourth-order valence-corrected chi connectivity index (χ4v) is 6.48. The summed E-state index contributed by atoms with van der Waals surface area (Å²) in [5.41, 5.74) is 0. The molecule has 0 saturated carbocycles. The maximum Gasteiger partial charge on any atom is 0.249 e. The summed E-state index contributed by atoms with van der Waals surface area (Å²) in [5, 5.41) is 10.8. The normalized spacial score (nSPS) is 15.2.